The number of aliphatic carboxylic acids is 1. The van der Waals surface area contributed by atoms with Crippen molar-refractivity contribution in [3.8, 4) is 0 Å². The van der Waals surface area contributed by atoms with E-state index in [1.807, 2.05) is 20.8 Å². The van der Waals surface area contributed by atoms with Gasteiger partial charge in [-0.2, -0.15) is 0 Å². The normalized spacial score (nSPS) is 29.3. The Morgan fingerprint density at radius 2 is 2.03 bits per heavy atom. The van der Waals surface area contributed by atoms with Gasteiger partial charge < -0.3 is 14.9 Å². The van der Waals surface area contributed by atoms with Crippen LogP contribution in [0.5, 0.6) is 0 Å². The molecule has 0 aromatic heterocycles. The Morgan fingerprint density at radius 3 is 2.69 bits per heavy atom. The number of rotatable bonds is 10. The van der Waals surface area contributed by atoms with E-state index in [0.29, 0.717) is 24.7 Å². The molecule has 0 bridgehead atoms. The number of ether oxygens (including phenoxy) is 1. The smallest absolute Gasteiger partial charge is 0.308 e. The molecule has 2 aliphatic rings. The summed E-state index contributed by atoms with van der Waals surface area (Å²) >= 11 is 0. The van der Waals surface area contributed by atoms with Gasteiger partial charge in [-0.3, -0.25) is 9.59 Å². The molecule has 29 heavy (non-hydrogen) atoms. The summed E-state index contributed by atoms with van der Waals surface area (Å²) in [5.74, 6) is -0.143. The highest BCUT2D eigenvalue weighted by Crippen LogP contribution is 2.44. The molecule has 0 aromatic rings. The highest BCUT2D eigenvalue weighted by molar-refractivity contribution is 5.72. The van der Waals surface area contributed by atoms with Crippen molar-refractivity contribution in [2.75, 3.05) is 0 Å². The molecule has 0 heterocycles. The van der Waals surface area contributed by atoms with Crippen LogP contribution in [-0.4, -0.2) is 34.4 Å². The van der Waals surface area contributed by atoms with E-state index in [2.05, 4.69) is 25.2 Å². The molecular weight excluding hydrogens is 368 g/mol. The summed E-state index contributed by atoms with van der Waals surface area (Å²) in [6, 6.07) is 0. The molecule has 164 valence electrons. The molecule has 5 heteroatoms. The fraction of sp³-hybridized carbons (Fsp3) is 0.750. The van der Waals surface area contributed by atoms with Gasteiger partial charge in [-0.1, -0.05) is 45.9 Å². The first-order chi connectivity index (χ1) is 13.7. The standard InChI is InChI=1S/C24H38O5/c1-5-15(2)24(28)29-21-10-6-8-18-13-12-16(3)19(23(18)21)14-17(4)20(25)9-7-11-22(26)27/h8,12-13,15-17,19-21,23,25H,5-7,9-11,14H2,1-4H3,(H,26,27)/t15-,16-,17-,19-,20?,21-,23-/m0/s1. The van der Waals surface area contributed by atoms with Gasteiger partial charge in [0.2, 0.25) is 0 Å². The van der Waals surface area contributed by atoms with Crippen LogP contribution in [0.3, 0.4) is 0 Å². The first-order valence-corrected chi connectivity index (χ1v) is 11.2. The van der Waals surface area contributed by atoms with Crippen LogP contribution >= 0.6 is 0 Å². The van der Waals surface area contributed by atoms with Crippen LogP contribution in [0.15, 0.2) is 23.8 Å². The van der Waals surface area contributed by atoms with Crippen molar-refractivity contribution < 1.29 is 24.5 Å². The van der Waals surface area contributed by atoms with E-state index < -0.39 is 12.1 Å². The van der Waals surface area contributed by atoms with Crippen molar-refractivity contribution in [3.63, 3.8) is 0 Å². The van der Waals surface area contributed by atoms with Crippen LogP contribution in [0.1, 0.15) is 72.6 Å². The minimum atomic E-state index is -0.821. The molecule has 2 aliphatic carbocycles. The van der Waals surface area contributed by atoms with Gasteiger partial charge in [-0.15, -0.1) is 0 Å². The number of allylic oxidation sites excluding steroid dienone is 3. The fourth-order valence-electron chi connectivity index (χ4n) is 4.64. The summed E-state index contributed by atoms with van der Waals surface area (Å²) in [5.41, 5.74) is 1.26. The SMILES string of the molecule is CC[C@H](C)C(=O)O[C@H]1CCC=C2C=C[C@H](C)[C@H](C[C@H](C)C(O)CCCC(=O)O)[C@H]21. The number of carboxylic acid groups (broad SMARTS) is 1. The Hall–Kier alpha value is -1.62. The van der Waals surface area contributed by atoms with Gasteiger partial charge in [0.25, 0.3) is 0 Å². The van der Waals surface area contributed by atoms with Crippen LogP contribution in [0, 0.1) is 29.6 Å². The molecule has 0 amide bonds. The lowest BCUT2D eigenvalue weighted by Gasteiger charge is -2.43. The molecular formula is C24H38O5. The van der Waals surface area contributed by atoms with Crippen molar-refractivity contribution in [1.82, 2.24) is 0 Å². The number of hydrogen-bond donors (Lipinski definition) is 2. The Morgan fingerprint density at radius 1 is 1.31 bits per heavy atom. The van der Waals surface area contributed by atoms with E-state index >= 15 is 0 Å². The topological polar surface area (TPSA) is 83.8 Å². The predicted octanol–water partition coefficient (Wildman–Crippen LogP) is 4.74. The monoisotopic (exact) mass is 406 g/mol. The van der Waals surface area contributed by atoms with Gasteiger partial charge in [0, 0.05) is 12.3 Å². The van der Waals surface area contributed by atoms with E-state index in [9.17, 15) is 14.7 Å². The van der Waals surface area contributed by atoms with Crippen LogP contribution in [0.25, 0.3) is 0 Å². The molecule has 7 atom stereocenters. The average molecular weight is 407 g/mol. The second-order valence-electron chi connectivity index (χ2n) is 9.04. The third-order valence-electron chi connectivity index (χ3n) is 6.82. The highest BCUT2D eigenvalue weighted by Gasteiger charge is 2.41. The molecule has 0 saturated heterocycles. The molecule has 2 rings (SSSR count). The number of carbonyl (C=O) groups excluding carboxylic acids is 1. The van der Waals surface area contributed by atoms with Crippen LogP contribution in [-0.2, 0) is 14.3 Å². The summed E-state index contributed by atoms with van der Waals surface area (Å²) in [6.07, 6.45) is 10.5. The number of carbonyl (C=O) groups is 2. The highest BCUT2D eigenvalue weighted by atomic mass is 16.5. The molecule has 2 N–H and O–H groups in total. The predicted molar refractivity (Wildman–Crippen MR) is 113 cm³/mol. The number of aliphatic hydroxyl groups is 1. The Balaban J connectivity index is 2.08. The number of carboxylic acids is 1. The maximum Gasteiger partial charge on any atom is 0.308 e. The lowest BCUT2D eigenvalue weighted by atomic mass is 9.65. The maximum absolute atomic E-state index is 12.5. The Bertz CT molecular complexity index is 623. The third kappa shape index (κ3) is 6.43. The fourth-order valence-corrected chi connectivity index (χ4v) is 4.64. The van der Waals surface area contributed by atoms with Gasteiger partial charge >= 0.3 is 11.9 Å². The van der Waals surface area contributed by atoms with Crippen LogP contribution in [0.2, 0.25) is 0 Å². The van der Waals surface area contributed by atoms with Gasteiger partial charge in [0.05, 0.1) is 12.0 Å². The van der Waals surface area contributed by atoms with Crippen molar-refractivity contribution in [2.24, 2.45) is 29.6 Å². The summed E-state index contributed by atoms with van der Waals surface area (Å²) in [5, 5.41) is 19.4. The second kappa shape index (κ2) is 11.0. The van der Waals surface area contributed by atoms with Gasteiger partial charge in [-0.05, 0) is 61.9 Å². The zero-order valence-corrected chi connectivity index (χ0v) is 18.3. The number of esters is 1. The maximum atomic E-state index is 12.5. The lowest BCUT2D eigenvalue weighted by Crippen LogP contribution is -2.41. The first-order valence-electron chi connectivity index (χ1n) is 11.2. The lowest BCUT2D eigenvalue weighted by molar-refractivity contribution is -0.158. The number of aliphatic hydroxyl groups excluding tert-OH is 1. The molecule has 0 fully saturated rings. The van der Waals surface area contributed by atoms with E-state index in [-0.39, 0.29) is 36.2 Å². The molecule has 0 spiro atoms. The largest absolute Gasteiger partial charge is 0.481 e. The van der Waals surface area contributed by atoms with E-state index in [1.54, 1.807) is 0 Å². The Kier molecular flexibility index (Phi) is 8.94. The zero-order chi connectivity index (χ0) is 21.6. The van der Waals surface area contributed by atoms with Crippen LogP contribution in [0.4, 0.5) is 0 Å². The summed E-state index contributed by atoms with van der Waals surface area (Å²) < 4.78 is 5.98. The van der Waals surface area contributed by atoms with E-state index in [0.717, 1.165) is 25.7 Å². The molecule has 0 radical (unpaired) electrons. The van der Waals surface area contributed by atoms with Crippen LogP contribution < -0.4 is 0 Å². The third-order valence-corrected chi connectivity index (χ3v) is 6.82. The van der Waals surface area contributed by atoms with Gasteiger partial charge in [-0.25, -0.2) is 0 Å². The van der Waals surface area contributed by atoms with Crippen molar-refractivity contribution in [1.29, 1.82) is 0 Å². The number of hydrogen-bond acceptors (Lipinski definition) is 4. The van der Waals surface area contributed by atoms with E-state index in [1.165, 1.54) is 5.57 Å². The van der Waals surface area contributed by atoms with E-state index in [4.69, 9.17) is 9.84 Å². The van der Waals surface area contributed by atoms with Crippen molar-refractivity contribution in [2.45, 2.75) is 84.8 Å². The van der Waals surface area contributed by atoms with Crippen molar-refractivity contribution >= 4 is 11.9 Å². The average Bonchev–Trinajstić information content (AvgIpc) is 2.68. The summed E-state index contributed by atoms with van der Waals surface area (Å²) in [4.78, 5) is 23.2. The second-order valence-corrected chi connectivity index (χ2v) is 9.04. The first kappa shape index (κ1) is 23.7. The summed E-state index contributed by atoms with van der Waals surface area (Å²) in [7, 11) is 0. The number of fused-ring (bicyclic) bond motifs is 1. The molecule has 0 aliphatic heterocycles. The van der Waals surface area contributed by atoms with Crippen molar-refractivity contribution in [3.05, 3.63) is 23.8 Å². The Labute approximate surface area is 175 Å². The molecule has 0 aromatic carbocycles. The summed E-state index contributed by atoms with van der Waals surface area (Å²) in [6.45, 7) is 8.16. The minimum Gasteiger partial charge on any atom is -0.481 e. The molecule has 5 nitrogen and oxygen atoms in total. The molecule has 0 saturated carbocycles. The van der Waals surface area contributed by atoms with Gasteiger partial charge in [0.15, 0.2) is 0 Å². The molecule has 1 unspecified atom stereocenters. The minimum absolute atomic E-state index is 0.0665. The quantitative estimate of drug-likeness (QED) is 0.512. The zero-order valence-electron chi connectivity index (χ0n) is 18.3. The van der Waals surface area contributed by atoms with Gasteiger partial charge in [0.1, 0.15) is 6.10 Å².